The monoisotopic (exact) mass is 826 g/mol. The van der Waals surface area contributed by atoms with Crippen molar-refractivity contribution in [2.45, 2.75) is 227 Å². The number of terminal acetylenes is 2. The molecule has 0 fully saturated rings. The highest BCUT2D eigenvalue weighted by Gasteiger charge is 2.34. The van der Waals surface area contributed by atoms with Crippen LogP contribution in [0, 0.1) is 30.6 Å². The molecule has 0 spiro atoms. The van der Waals surface area contributed by atoms with Gasteiger partial charge >= 0.3 is 23.9 Å². The van der Waals surface area contributed by atoms with E-state index in [0.717, 1.165) is 50.3 Å². The Hall–Kier alpha value is -2.52. The number of unbranched alkanes of at least 4 members (excludes halogenated alkanes) is 15. The maximum atomic E-state index is 12.4. The Balaban J connectivity index is -0.000000788. The zero-order chi connectivity index (χ0) is 42.3. The van der Waals surface area contributed by atoms with E-state index in [2.05, 4.69) is 27.8 Å². The molecule has 0 amide bonds. The van der Waals surface area contributed by atoms with E-state index in [1.54, 1.807) is 83.1 Å². The zero-order valence-electron chi connectivity index (χ0n) is 36.5. The van der Waals surface area contributed by atoms with Crippen molar-refractivity contribution in [3.63, 3.8) is 0 Å². The molecule has 0 heterocycles. The maximum absolute atomic E-state index is 12.4. The molecule has 8 nitrogen and oxygen atoms in total. The van der Waals surface area contributed by atoms with Crippen LogP contribution in [0.3, 0.4) is 0 Å². The van der Waals surface area contributed by atoms with Gasteiger partial charge in [0.1, 0.15) is 28.8 Å². The van der Waals surface area contributed by atoms with Gasteiger partial charge in [0.15, 0.2) is 5.92 Å². The molecule has 314 valence electrons. The number of hydrogen-bond acceptors (Lipinski definition) is 8. The summed E-state index contributed by atoms with van der Waals surface area (Å²) in [6.45, 7) is 21.3. The van der Waals surface area contributed by atoms with Crippen LogP contribution in [-0.4, -0.2) is 51.6 Å². The van der Waals surface area contributed by atoms with E-state index in [4.69, 9.17) is 31.8 Å². The average Bonchev–Trinajstić information content (AvgIpc) is 2.98. The van der Waals surface area contributed by atoms with E-state index in [1.807, 2.05) is 0 Å². The van der Waals surface area contributed by atoms with Gasteiger partial charge < -0.3 is 18.9 Å². The van der Waals surface area contributed by atoms with Crippen LogP contribution in [0.1, 0.15) is 205 Å². The molecule has 0 saturated carbocycles. The first-order valence-corrected chi connectivity index (χ1v) is 21.3. The molecule has 0 atom stereocenters. The molecular formula is C45H79BrO8. The van der Waals surface area contributed by atoms with E-state index >= 15 is 0 Å². The van der Waals surface area contributed by atoms with Gasteiger partial charge in [0.2, 0.25) is 0 Å². The molecular weight excluding hydrogens is 748 g/mol. The molecule has 0 aliphatic carbocycles. The largest absolute Gasteiger partial charge is 0.460 e. The fraction of sp³-hybridized carbons (Fsp3) is 0.822. The van der Waals surface area contributed by atoms with Gasteiger partial charge in [-0.15, -0.1) is 24.7 Å². The highest BCUT2D eigenvalue weighted by Crippen LogP contribution is 2.22. The summed E-state index contributed by atoms with van der Waals surface area (Å²) in [5, 5.41) is 1.16. The smallest absolute Gasteiger partial charge is 0.320 e. The molecule has 0 aliphatic heterocycles. The van der Waals surface area contributed by atoms with Gasteiger partial charge in [0, 0.05) is 18.2 Å². The standard InChI is InChI=1S/C22H38O4.C12H21Br.C11H20O4/c1-8-9-10-11-12-13-14-15-16-17-18(19(23)25-21(2,3)4)20(24)26-22(5,6)7;1-2-3-4-5-6-7-8-9-10-11-12-13;1-10(2,3)14-8(12)7-9(13)15-11(4,5)6/h1,18H,9-17H2,2-7H3;1H,3-12H2;7H2,1-6H3. The quantitative estimate of drug-likeness (QED) is 0.0265. The predicted octanol–water partition coefficient (Wildman–Crippen LogP) is 12.0. The van der Waals surface area contributed by atoms with Crippen LogP contribution in [-0.2, 0) is 38.1 Å². The minimum absolute atomic E-state index is 0.339. The molecule has 0 rings (SSSR count). The van der Waals surface area contributed by atoms with Crippen molar-refractivity contribution in [1.29, 1.82) is 0 Å². The third kappa shape index (κ3) is 45.6. The van der Waals surface area contributed by atoms with Crippen LogP contribution in [0.2, 0.25) is 0 Å². The van der Waals surface area contributed by atoms with E-state index in [-0.39, 0.29) is 6.42 Å². The molecule has 0 unspecified atom stereocenters. The Bertz CT molecular complexity index is 1030. The predicted molar refractivity (Wildman–Crippen MR) is 226 cm³/mol. The number of esters is 4. The Morgan fingerprint density at radius 1 is 0.463 bits per heavy atom. The summed E-state index contributed by atoms with van der Waals surface area (Å²) in [7, 11) is 0. The summed E-state index contributed by atoms with van der Waals surface area (Å²) >= 11 is 3.44. The molecule has 0 N–H and O–H groups in total. The topological polar surface area (TPSA) is 105 Å². The van der Waals surface area contributed by atoms with Gasteiger partial charge in [0.05, 0.1) is 0 Å². The van der Waals surface area contributed by atoms with Gasteiger partial charge in [-0.1, -0.05) is 93.0 Å². The first kappa shape index (κ1) is 55.8. The van der Waals surface area contributed by atoms with Crippen LogP contribution in [0.4, 0.5) is 0 Å². The third-order valence-corrected chi connectivity index (χ3v) is 7.59. The minimum atomic E-state index is -0.843. The summed E-state index contributed by atoms with van der Waals surface area (Å²) < 4.78 is 20.8. The Kier molecular flexibility index (Phi) is 32.7. The molecule has 0 aromatic heterocycles. The molecule has 54 heavy (non-hydrogen) atoms. The van der Waals surface area contributed by atoms with Crippen molar-refractivity contribution in [2.75, 3.05) is 5.33 Å². The lowest BCUT2D eigenvalue weighted by atomic mass is 9.99. The molecule has 0 bridgehead atoms. The SMILES string of the molecule is C#CCCCCCCCCCC(C(=O)OC(C)(C)C)C(=O)OC(C)(C)C.C#CCCCCCCCCCCBr.CC(C)(C)OC(=O)CC(=O)OC(C)(C)C. The summed E-state index contributed by atoms with van der Waals surface area (Å²) in [4.78, 5) is 47.3. The van der Waals surface area contributed by atoms with Crippen molar-refractivity contribution in [3.8, 4) is 24.7 Å². The third-order valence-electron chi connectivity index (χ3n) is 7.03. The maximum Gasteiger partial charge on any atom is 0.320 e. The molecule has 9 heteroatoms. The van der Waals surface area contributed by atoms with E-state index in [1.165, 1.54) is 64.2 Å². The Labute approximate surface area is 340 Å². The second-order valence-corrected chi connectivity index (χ2v) is 18.5. The number of carbonyl (C=O) groups is 4. The molecule has 0 saturated heterocycles. The second-order valence-electron chi connectivity index (χ2n) is 17.7. The van der Waals surface area contributed by atoms with Crippen molar-refractivity contribution < 1.29 is 38.1 Å². The number of ether oxygens (including phenoxy) is 4. The average molecular weight is 828 g/mol. The van der Waals surface area contributed by atoms with E-state index in [0.29, 0.717) is 6.42 Å². The normalized spacial score (nSPS) is 11.5. The van der Waals surface area contributed by atoms with Crippen LogP contribution < -0.4 is 0 Å². The lowest BCUT2D eigenvalue weighted by Crippen LogP contribution is -2.36. The van der Waals surface area contributed by atoms with Crippen LogP contribution >= 0.6 is 15.9 Å². The van der Waals surface area contributed by atoms with Crippen molar-refractivity contribution in [2.24, 2.45) is 5.92 Å². The first-order chi connectivity index (χ1) is 24.9. The van der Waals surface area contributed by atoms with Crippen molar-refractivity contribution in [1.82, 2.24) is 0 Å². The van der Waals surface area contributed by atoms with Crippen molar-refractivity contribution in [3.05, 3.63) is 0 Å². The van der Waals surface area contributed by atoms with Gasteiger partial charge in [-0.25, -0.2) is 0 Å². The molecule has 0 aromatic carbocycles. The highest BCUT2D eigenvalue weighted by atomic mass is 79.9. The van der Waals surface area contributed by atoms with E-state index < -0.39 is 52.2 Å². The van der Waals surface area contributed by atoms with E-state index in [9.17, 15) is 19.2 Å². The summed E-state index contributed by atoms with van der Waals surface area (Å²) in [6.07, 6.45) is 30.7. The fourth-order valence-corrected chi connectivity index (χ4v) is 5.19. The second kappa shape index (κ2) is 31.7. The van der Waals surface area contributed by atoms with Crippen LogP contribution in [0.25, 0.3) is 0 Å². The lowest BCUT2D eigenvalue weighted by Gasteiger charge is -2.26. The fourth-order valence-electron chi connectivity index (χ4n) is 4.79. The highest BCUT2D eigenvalue weighted by molar-refractivity contribution is 9.09. The number of carbonyl (C=O) groups excluding carboxylic acids is 4. The number of halogens is 1. The summed E-state index contributed by atoms with van der Waals surface area (Å²) in [5.41, 5.74) is -2.37. The molecule has 0 aliphatic rings. The number of rotatable bonds is 22. The Morgan fingerprint density at radius 3 is 1.02 bits per heavy atom. The van der Waals surface area contributed by atoms with Gasteiger partial charge in [-0.05, 0) is 109 Å². The molecule has 0 aromatic rings. The van der Waals surface area contributed by atoms with Gasteiger partial charge in [-0.2, -0.15) is 0 Å². The Morgan fingerprint density at radius 2 is 0.741 bits per heavy atom. The first-order valence-electron chi connectivity index (χ1n) is 20.2. The zero-order valence-corrected chi connectivity index (χ0v) is 38.1. The van der Waals surface area contributed by atoms with Crippen LogP contribution in [0.5, 0.6) is 0 Å². The number of alkyl halides is 1. The van der Waals surface area contributed by atoms with Crippen molar-refractivity contribution >= 4 is 39.8 Å². The lowest BCUT2D eigenvalue weighted by molar-refractivity contribution is -0.175. The van der Waals surface area contributed by atoms with Crippen LogP contribution in [0.15, 0.2) is 0 Å². The summed E-state index contributed by atoms with van der Waals surface area (Å²) in [6, 6.07) is 0. The summed E-state index contributed by atoms with van der Waals surface area (Å²) in [5.74, 6) is 2.41. The minimum Gasteiger partial charge on any atom is -0.460 e. The van der Waals surface area contributed by atoms with Gasteiger partial charge in [0.25, 0.3) is 0 Å². The number of hydrogen-bond donors (Lipinski definition) is 0. The molecule has 0 radical (unpaired) electrons. The van der Waals surface area contributed by atoms with Gasteiger partial charge in [-0.3, -0.25) is 19.2 Å².